The summed E-state index contributed by atoms with van der Waals surface area (Å²) in [7, 11) is 1.67. The highest BCUT2D eigenvalue weighted by Crippen LogP contribution is 2.32. The van der Waals surface area contributed by atoms with E-state index in [1.54, 1.807) is 7.11 Å². The molecule has 0 saturated carbocycles. The number of para-hydroxylation sites is 1. The van der Waals surface area contributed by atoms with Gasteiger partial charge in [-0.3, -0.25) is 4.99 Å². The Labute approximate surface area is 128 Å². The van der Waals surface area contributed by atoms with Gasteiger partial charge in [0.2, 0.25) is 0 Å². The molecule has 1 aliphatic rings. The number of nitrogens with one attached hydrogen (secondary N) is 1. The molecule has 0 radical (unpaired) electrons. The number of fused-ring (bicyclic) bond motifs is 1. The van der Waals surface area contributed by atoms with E-state index in [4.69, 9.17) is 9.15 Å². The van der Waals surface area contributed by atoms with E-state index in [0.717, 1.165) is 52.5 Å². The van der Waals surface area contributed by atoms with E-state index >= 15 is 0 Å². The monoisotopic (exact) mass is 292 g/mol. The fourth-order valence-electron chi connectivity index (χ4n) is 2.74. The molecule has 4 nitrogen and oxygen atoms in total. The van der Waals surface area contributed by atoms with Gasteiger partial charge in [0.05, 0.1) is 13.7 Å². The molecule has 2 heterocycles. The zero-order valence-electron chi connectivity index (χ0n) is 12.3. The van der Waals surface area contributed by atoms with Crippen LogP contribution >= 0.6 is 0 Å². The van der Waals surface area contributed by atoms with Crippen LogP contribution < -0.4 is 10.1 Å². The van der Waals surface area contributed by atoms with Crippen molar-refractivity contribution in [1.82, 2.24) is 5.32 Å². The fourth-order valence-corrected chi connectivity index (χ4v) is 2.74. The minimum Gasteiger partial charge on any atom is -0.497 e. The molecule has 0 atom stereocenters. The molecule has 22 heavy (non-hydrogen) atoms. The highest BCUT2D eigenvalue weighted by Gasteiger charge is 2.15. The number of amidine groups is 1. The fraction of sp³-hybridized carbons (Fsp3) is 0.167. The van der Waals surface area contributed by atoms with E-state index in [1.165, 1.54) is 0 Å². The number of ether oxygens (including phenoxy) is 1. The highest BCUT2D eigenvalue weighted by molar-refractivity contribution is 6.03. The second-order valence-corrected chi connectivity index (χ2v) is 5.22. The number of benzene rings is 2. The van der Waals surface area contributed by atoms with Crippen LogP contribution in [0.25, 0.3) is 22.1 Å². The summed E-state index contributed by atoms with van der Waals surface area (Å²) >= 11 is 0. The number of hydrogen-bond acceptors (Lipinski definition) is 4. The van der Waals surface area contributed by atoms with Crippen molar-refractivity contribution >= 4 is 16.8 Å². The maximum Gasteiger partial charge on any atom is 0.170 e. The molecular formula is C18H16N2O2. The molecule has 0 spiro atoms. The minimum atomic E-state index is 0.800. The SMILES string of the molecule is COc1ccc(-c2cccc3cc(C4=NCCN4)oc23)cc1. The van der Waals surface area contributed by atoms with Crippen LogP contribution in [0.3, 0.4) is 0 Å². The number of hydrogen-bond donors (Lipinski definition) is 1. The van der Waals surface area contributed by atoms with Gasteiger partial charge in [-0.25, -0.2) is 0 Å². The van der Waals surface area contributed by atoms with Gasteiger partial charge in [0.25, 0.3) is 0 Å². The first-order valence-electron chi connectivity index (χ1n) is 7.31. The molecule has 1 aromatic heterocycles. The van der Waals surface area contributed by atoms with Crippen molar-refractivity contribution in [1.29, 1.82) is 0 Å². The zero-order chi connectivity index (χ0) is 14.9. The standard InChI is InChI=1S/C18H16N2O2/c1-21-14-7-5-12(6-8-14)15-4-2-3-13-11-16(22-17(13)15)18-19-9-10-20-18/h2-8,11H,9-10H2,1H3,(H,19,20). The van der Waals surface area contributed by atoms with Gasteiger partial charge in [0.1, 0.15) is 11.3 Å². The number of methoxy groups -OCH3 is 1. The molecule has 0 fully saturated rings. The van der Waals surface area contributed by atoms with Gasteiger partial charge in [-0.1, -0.05) is 30.3 Å². The third-order valence-corrected chi connectivity index (χ3v) is 3.85. The Morgan fingerprint density at radius 1 is 1.14 bits per heavy atom. The predicted molar refractivity (Wildman–Crippen MR) is 87.6 cm³/mol. The third kappa shape index (κ3) is 2.13. The summed E-state index contributed by atoms with van der Waals surface area (Å²) in [4.78, 5) is 4.42. The lowest BCUT2D eigenvalue weighted by Gasteiger charge is -2.04. The average molecular weight is 292 g/mol. The van der Waals surface area contributed by atoms with Gasteiger partial charge in [-0.05, 0) is 23.8 Å². The normalized spacial score (nSPS) is 14.0. The number of furan rings is 1. The first-order valence-corrected chi connectivity index (χ1v) is 7.31. The summed E-state index contributed by atoms with van der Waals surface area (Å²) < 4.78 is 11.3. The Morgan fingerprint density at radius 2 is 2.00 bits per heavy atom. The smallest absolute Gasteiger partial charge is 0.170 e. The van der Waals surface area contributed by atoms with Gasteiger partial charge < -0.3 is 14.5 Å². The van der Waals surface area contributed by atoms with Crippen molar-refractivity contribution in [2.45, 2.75) is 0 Å². The van der Waals surface area contributed by atoms with Gasteiger partial charge in [-0.15, -0.1) is 0 Å². The Bertz CT molecular complexity index is 847. The molecule has 4 rings (SSSR count). The van der Waals surface area contributed by atoms with Gasteiger partial charge in [0.15, 0.2) is 11.6 Å². The molecule has 110 valence electrons. The molecule has 0 aliphatic carbocycles. The molecule has 4 heteroatoms. The summed E-state index contributed by atoms with van der Waals surface area (Å²) in [6, 6.07) is 16.2. The Morgan fingerprint density at radius 3 is 2.73 bits per heavy atom. The van der Waals surface area contributed by atoms with Crippen LogP contribution in [-0.4, -0.2) is 26.0 Å². The minimum absolute atomic E-state index is 0.800. The van der Waals surface area contributed by atoms with E-state index < -0.39 is 0 Å². The van der Waals surface area contributed by atoms with Crippen molar-refractivity contribution in [2.24, 2.45) is 4.99 Å². The van der Waals surface area contributed by atoms with Crippen LogP contribution in [0.1, 0.15) is 5.76 Å². The largest absolute Gasteiger partial charge is 0.497 e. The van der Waals surface area contributed by atoms with Crippen LogP contribution in [0, 0.1) is 0 Å². The van der Waals surface area contributed by atoms with E-state index in [-0.39, 0.29) is 0 Å². The van der Waals surface area contributed by atoms with Gasteiger partial charge >= 0.3 is 0 Å². The van der Waals surface area contributed by atoms with Gasteiger partial charge in [0, 0.05) is 17.5 Å². The summed E-state index contributed by atoms with van der Waals surface area (Å²) in [5.41, 5.74) is 3.07. The number of rotatable bonds is 3. The molecule has 0 bridgehead atoms. The molecule has 3 aromatic rings. The highest BCUT2D eigenvalue weighted by atomic mass is 16.5. The number of aliphatic imine (C=N–C) groups is 1. The van der Waals surface area contributed by atoms with Crippen LogP contribution in [-0.2, 0) is 0 Å². The lowest BCUT2D eigenvalue weighted by atomic mass is 10.0. The molecule has 1 aliphatic heterocycles. The predicted octanol–water partition coefficient (Wildman–Crippen LogP) is 3.46. The Balaban J connectivity index is 1.83. The Kier molecular flexibility index (Phi) is 3.07. The summed E-state index contributed by atoms with van der Waals surface area (Å²) in [6.07, 6.45) is 0. The molecule has 1 N–H and O–H groups in total. The lowest BCUT2D eigenvalue weighted by Crippen LogP contribution is -2.18. The molecule has 0 saturated heterocycles. The van der Waals surface area contributed by atoms with Crippen LogP contribution in [0.2, 0.25) is 0 Å². The maximum absolute atomic E-state index is 6.07. The van der Waals surface area contributed by atoms with Crippen LogP contribution in [0.5, 0.6) is 5.75 Å². The zero-order valence-corrected chi connectivity index (χ0v) is 12.3. The maximum atomic E-state index is 6.07. The molecule has 0 unspecified atom stereocenters. The van der Waals surface area contributed by atoms with Crippen molar-refractivity contribution < 1.29 is 9.15 Å². The van der Waals surface area contributed by atoms with Crippen molar-refractivity contribution in [2.75, 3.05) is 20.2 Å². The molecule has 2 aromatic carbocycles. The topological polar surface area (TPSA) is 46.8 Å². The summed E-state index contributed by atoms with van der Waals surface area (Å²) in [5, 5.41) is 4.33. The summed E-state index contributed by atoms with van der Waals surface area (Å²) in [5.74, 6) is 2.49. The van der Waals surface area contributed by atoms with Crippen LogP contribution in [0.4, 0.5) is 0 Å². The third-order valence-electron chi connectivity index (χ3n) is 3.85. The van der Waals surface area contributed by atoms with E-state index in [1.807, 2.05) is 36.4 Å². The average Bonchev–Trinajstić information content (AvgIpc) is 3.23. The molecular weight excluding hydrogens is 276 g/mol. The van der Waals surface area contributed by atoms with E-state index in [9.17, 15) is 0 Å². The van der Waals surface area contributed by atoms with Crippen molar-refractivity contribution in [3.63, 3.8) is 0 Å². The van der Waals surface area contributed by atoms with Crippen molar-refractivity contribution in [3.8, 4) is 16.9 Å². The number of nitrogens with zero attached hydrogens (tertiary/aromatic N) is 1. The first-order chi connectivity index (χ1) is 10.8. The second kappa shape index (κ2) is 5.22. The summed E-state index contributed by atoms with van der Waals surface area (Å²) in [6.45, 7) is 1.68. The Hall–Kier alpha value is -2.75. The lowest BCUT2D eigenvalue weighted by molar-refractivity contribution is 0.415. The first kappa shape index (κ1) is 13.0. The second-order valence-electron chi connectivity index (χ2n) is 5.22. The van der Waals surface area contributed by atoms with Crippen LogP contribution in [0.15, 0.2) is 57.9 Å². The van der Waals surface area contributed by atoms with E-state index in [2.05, 4.69) is 22.4 Å². The van der Waals surface area contributed by atoms with Crippen molar-refractivity contribution in [3.05, 3.63) is 54.3 Å². The van der Waals surface area contributed by atoms with Gasteiger partial charge in [-0.2, -0.15) is 0 Å². The van der Waals surface area contributed by atoms with E-state index in [0.29, 0.717) is 0 Å². The quantitative estimate of drug-likeness (QED) is 0.804. The molecule has 0 amide bonds.